The molecule has 0 fully saturated rings. The van der Waals surface area contributed by atoms with Gasteiger partial charge in [-0.1, -0.05) is 56.3 Å². The molecule has 8 nitrogen and oxygen atoms in total. The van der Waals surface area contributed by atoms with Crippen LogP contribution in [0.15, 0.2) is 59.5 Å². The predicted octanol–water partition coefficient (Wildman–Crippen LogP) is 2.55. The van der Waals surface area contributed by atoms with Gasteiger partial charge >= 0.3 is 0 Å². The van der Waals surface area contributed by atoms with Crippen molar-refractivity contribution in [2.45, 2.75) is 57.1 Å². The molecule has 1 heterocycles. The van der Waals surface area contributed by atoms with E-state index in [-0.39, 0.29) is 29.0 Å². The van der Waals surface area contributed by atoms with Crippen molar-refractivity contribution < 1.29 is 22.8 Å². The Bertz CT molecular complexity index is 1130. The summed E-state index contributed by atoms with van der Waals surface area (Å²) in [7, 11) is -4.14. The Morgan fingerprint density at radius 1 is 1.00 bits per heavy atom. The highest BCUT2D eigenvalue weighted by atomic mass is 32.2. The van der Waals surface area contributed by atoms with Crippen LogP contribution in [0, 0.1) is 0 Å². The molecule has 2 aromatic carbocycles. The summed E-state index contributed by atoms with van der Waals surface area (Å²) < 4.78 is 26.4. The van der Waals surface area contributed by atoms with Crippen LogP contribution in [0.25, 0.3) is 0 Å². The number of hydrogen-bond donors (Lipinski definition) is 1. The minimum atomic E-state index is -4.14. The van der Waals surface area contributed by atoms with Gasteiger partial charge in [-0.05, 0) is 37.5 Å². The second-order valence-electron chi connectivity index (χ2n) is 8.06. The van der Waals surface area contributed by atoms with Gasteiger partial charge in [0, 0.05) is 12.6 Å². The molecule has 0 saturated carbocycles. The van der Waals surface area contributed by atoms with E-state index < -0.39 is 34.4 Å². The van der Waals surface area contributed by atoms with E-state index in [1.165, 1.54) is 23.1 Å². The average Bonchev–Trinajstić information content (AvgIpc) is 3.00. The lowest BCUT2D eigenvalue weighted by Gasteiger charge is -2.32. The van der Waals surface area contributed by atoms with E-state index in [9.17, 15) is 22.8 Å². The van der Waals surface area contributed by atoms with Gasteiger partial charge in [-0.3, -0.25) is 14.4 Å². The molecule has 0 unspecified atom stereocenters. The number of benzene rings is 2. The van der Waals surface area contributed by atoms with Gasteiger partial charge in [0.25, 0.3) is 15.9 Å². The van der Waals surface area contributed by atoms with E-state index in [0.29, 0.717) is 10.7 Å². The Kier molecular flexibility index (Phi) is 7.53. The Labute approximate surface area is 194 Å². The van der Waals surface area contributed by atoms with Gasteiger partial charge in [-0.25, -0.2) is 12.7 Å². The maximum absolute atomic E-state index is 13.4. The van der Waals surface area contributed by atoms with Crippen molar-refractivity contribution in [2.24, 2.45) is 0 Å². The SMILES string of the molecule is CC[C@H](C)NC(=O)[C@H](CC)N(Cc1ccccc1)C(=O)CN1C(=O)c2ccccc2S1(=O)=O. The van der Waals surface area contributed by atoms with Crippen molar-refractivity contribution in [1.29, 1.82) is 0 Å². The summed E-state index contributed by atoms with van der Waals surface area (Å²) in [5, 5.41) is 2.90. The van der Waals surface area contributed by atoms with Gasteiger partial charge in [0.2, 0.25) is 11.8 Å². The zero-order valence-corrected chi connectivity index (χ0v) is 19.8. The van der Waals surface area contributed by atoms with Gasteiger partial charge in [0.1, 0.15) is 17.5 Å². The van der Waals surface area contributed by atoms with Crippen LogP contribution in [0.2, 0.25) is 0 Å². The summed E-state index contributed by atoms with van der Waals surface area (Å²) >= 11 is 0. The molecule has 3 rings (SSSR count). The standard InChI is InChI=1S/C24H29N3O5S/c1-4-17(3)25-23(29)20(5-2)26(15-18-11-7-6-8-12-18)22(28)16-27-24(30)19-13-9-10-14-21(19)33(27,31)32/h6-14,17,20H,4-5,15-16H2,1-3H3,(H,25,29)/t17-,20-/m0/s1. The van der Waals surface area contributed by atoms with Crippen LogP contribution in [0.4, 0.5) is 0 Å². The number of sulfonamides is 1. The smallest absolute Gasteiger partial charge is 0.269 e. The highest BCUT2D eigenvalue weighted by Crippen LogP contribution is 2.30. The van der Waals surface area contributed by atoms with Crippen LogP contribution in [0.5, 0.6) is 0 Å². The quantitative estimate of drug-likeness (QED) is 0.605. The Morgan fingerprint density at radius 2 is 1.64 bits per heavy atom. The second-order valence-corrected chi connectivity index (χ2v) is 9.89. The molecule has 176 valence electrons. The topological polar surface area (TPSA) is 104 Å². The van der Waals surface area contributed by atoms with Crippen LogP contribution in [-0.4, -0.2) is 54.0 Å². The summed E-state index contributed by atoms with van der Waals surface area (Å²) in [5.74, 6) is -1.67. The molecule has 2 aromatic rings. The van der Waals surface area contributed by atoms with Crippen molar-refractivity contribution >= 4 is 27.7 Å². The van der Waals surface area contributed by atoms with Crippen LogP contribution in [0.1, 0.15) is 49.5 Å². The van der Waals surface area contributed by atoms with E-state index >= 15 is 0 Å². The van der Waals surface area contributed by atoms with E-state index in [4.69, 9.17) is 0 Å². The van der Waals surface area contributed by atoms with Crippen molar-refractivity contribution in [1.82, 2.24) is 14.5 Å². The zero-order chi connectivity index (χ0) is 24.2. The van der Waals surface area contributed by atoms with Gasteiger partial charge in [0.15, 0.2) is 0 Å². The molecule has 0 bridgehead atoms. The second kappa shape index (κ2) is 10.2. The first-order valence-electron chi connectivity index (χ1n) is 11.0. The summed E-state index contributed by atoms with van der Waals surface area (Å²) in [6, 6.07) is 14.1. The molecular weight excluding hydrogens is 442 g/mol. The monoisotopic (exact) mass is 471 g/mol. The number of nitrogens with one attached hydrogen (secondary N) is 1. The summed E-state index contributed by atoms with van der Waals surface area (Å²) in [4.78, 5) is 40.5. The third-order valence-corrected chi connectivity index (χ3v) is 7.56. The first-order valence-corrected chi connectivity index (χ1v) is 12.4. The molecule has 1 N–H and O–H groups in total. The highest BCUT2D eigenvalue weighted by molar-refractivity contribution is 7.90. The number of rotatable bonds is 9. The Balaban J connectivity index is 1.91. The van der Waals surface area contributed by atoms with Crippen LogP contribution in [-0.2, 0) is 26.2 Å². The van der Waals surface area contributed by atoms with Crippen molar-refractivity contribution in [3.63, 3.8) is 0 Å². The highest BCUT2D eigenvalue weighted by Gasteiger charge is 2.43. The molecule has 0 spiro atoms. The third-order valence-electron chi connectivity index (χ3n) is 5.77. The lowest BCUT2D eigenvalue weighted by atomic mass is 10.1. The number of hydrogen-bond acceptors (Lipinski definition) is 5. The van der Waals surface area contributed by atoms with Gasteiger partial charge in [0.05, 0.1) is 5.56 Å². The number of fused-ring (bicyclic) bond motifs is 1. The van der Waals surface area contributed by atoms with Gasteiger partial charge in [-0.2, -0.15) is 0 Å². The Morgan fingerprint density at radius 3 is 2.24 bits per heavy atom. The largest absolute Gasteiger partial charge is 0.352 e. The molecule has 33 heavy (non-hydrogen) atoms. The number of carbonyl (C=O) groups is 3. The Hall–Kier alpha value is -3.20. The number of carbonyl (C=O) groups excluding carboxylic acids is 3. The lowest BCUT2D eigenvalue weighted by molar-refractivity contribution is -0.141. The van der Waals surface area contributed by atoms with Gasteiger partial charge in [-0.15, -0.1) is 0 Å². The maximum Gasteiger partial charge on any atom is 0.269 e. The van der Waals surface area contributed by atoms with Crippen molar-refractivity contribution in [3.8, 4) is 0 Å². The molecule has 1 aliphatic rings. The lowest BCUT2D eigenvalue weighted by Crippen LogP contribution is -2.53. The normalized spacial score (nSPS) is 16.1. The minimum Gasteiger partial charge on any atom is -0.352 e. The van der Waals surface area contributed by atoms with E-state index in [2.05, 4.69) is 5.32 Å². The molecular formula is C24H29N3O5S. The number of nitrogens with zero attached hydrogens (tertiary/aromatic N) is 2. The van der Waals surface area contributed by atoms with Crippen LogP contribution < -0.4 is 5.32 Å². The third kappa shape index (κ3) is 5.08. The summed E-state index contributed by atoms with van der Waals surface area (Å²) in [6.07, 6.45) is 1.06. The zero-order valence-electron chi connectivity index (χ0n) is 19.0. The predicted molar refractivity (Wildman–Crippen MR) is 124 cm³/mol. The molecule has 2 atom stereocenters. The molecule has 0 aliphatic carbocycles. The average molecular weight is 472 g/mol. The van der Waals surface area contributed by atoms with E-state index in [1.807, 2.05) is 44.2 Å². The van der Waals surface area contributed by atoms with Gasteiger partial charge < -0.3 is 10.2 Å². The van der Waals surface area contributed by atoms with E-state index in [1.54, 1.807) is 13.0 Å². The fourth-order valence-corrected chi connectivity index (χ4v) is 5.26. The minimum absolute atomic E-state index is 0.0430. The first-order chi connectivity index (χ1) is 15.7. The molecule has 0 saturated heterocycles. The first kappa shape index (κ1) is 24.4. The molecule has 9 heteroatoms. The maximum atomic E-state index is 13.4. The molecule has 0 radical (unpaired) electrons. The fourth-order valence-electron chi connectivity index (χ4n) is 3.74. The molecule has 0 aromatic heterocycles. The summed E-state index contributed by atoms with van der Waals surface area (Å²) in [5.41, 5.74) is 0.834. The van der Waals surface area contributed by atoms with Crippen molar-refractivity contribution in [2.75, 3.05) is 6.54 Å². The van der Waals surface area contributed by atoms with E-state index in [0.717, 1.165) is 12.0 Å². The molecule has 3 amide bonds. The molecule has 1 aliphatic heterocycles. The van der Waals surface area contributed by atoms with Crippen LogP contribution in [0.3, 0.4) is 0 Å². The van der Waals surface area contributed by atoms with Crippen LogP contribution >= 0.6 is 0 Å². The number of amides is 3. The fraction of sp³-hybridized carbons (Fsp3) is 0.375. The van der Waals surface area contributed by atoms with Crippen molar-refractivity contribution in [3.05, 3.63) is 65.7 Å². The summed E-state index contributed by atoms with van der Waals surface area (Å²) in [6.45, 7) is 5.05.